The number of aromatic nitrogens is 3. The van der Waals surface area contributed by atoms with Gasteiger partial charge in [-0.2, -0.15) is 0 Å². The van der Waals surface area contributed by atoms with Gasteiger partial charge in [0.2, 0.25) is 0 Å². The van der Waals surface area contributed by atoms with Crippen LogP contribution in [0.5, 0.6) is 0 Å². The number of carbonyl (C=O) groups is 1. The van der Waals surface area contributed by atoms with Gasteiger partial charge in [0.1, 0.15) is 11.4 Å². The largest absolute Gasteiger partial charge is 0.361 e. The Kier molecular flexibility index (Phi) is 3.91. The molecule has 2 amide bonds. The molecule has 3 aromatic heterocycles. The molecular weight excluding hydrogens is 318 g/mol. The van der Waals surface area contributed by atoms with E-state index in [0.717, 1.165) is 47.7 Å². The van der Waals surface area contributed by atoms with Crippen LogP contribution in [0.2, 0.25) is 0 Å². The molecule has 4 rings (SSSR count). The number of pyridine rings is 1. The molecule has 0 unspecified atom stereocenters. The van der Waals surface area contributed by atoms with Crippen molar-refractivity contribution in [1.29, 1.82) is 0 Å². The summed E-state index contributed by atoms with van der Waals surface area (Å²) in [4.78, 5) is 19.0. The van der Waals surface area contributed by atoms with Crippen LogP contribution in [0, 0.1) is 13.8 Å². The Hall–Kier alpha value is -2.83. The quantitative estimate of drug-likeness (QED) is 0.796. The maximum atomic E-state index is 12.7. The van der Waals surface area contributed by atoms with Crippen LogP contribution in [0.25, 0.3) is 5.65 Å². The highest BCUT2D eigenvalue weighted by Crippen LogP contribution is 2.35. The van der Waals surface area contributed by atoms with Crippen molar-refractivity contribution in [2.45, 2.75) is 39.3 Å². The Bertz CT molecular complexity index is 894. The molecule has 7 nitrogen and oxygen atoms in total. The molecule has 0 bridgehead atoms. The molecule has 0 aromatic carbocycles. The summed E-state index contributed by atoms with van der Waals surface area (Å²) in [5, 5.41) is 7.06. The molecule has 1 saturated heterocycles. The number of imidazole rings is 1. The van der Waals surface area contributed by atoms with Crippen LogP contribution in [-0.2, 0) is 6.54 Å². The van der Waals surface area contributed by atoms with Crippen molar-refractivity contribution in [3.63, 3.8) is 0 Å². The summed E-state index contributed by atoms with van der Waals surface area (Å²) in [5.41, 5.74) is 3.74. The highest BCUT2D eigenvalue weighted by atomic mass is 16.5. The molecule has 1 N–H and O–H groups in total. The van der Waals surface area contributed by atoms with Crippen molar-refractivity contribution in [3.05, 3.63) is 53.3 Å². The first-order chi connectivity index (χ1) is 12.1. The maximum absolute atomic E-state index is 12.7. The van der Waals surface area contributed by atoms with E-state index >= 15 is 0 Å². The second-order valence-corrected chi connectivity index (χ2v) is 6.43. The molecular formula is C18H21N5O2. The summed E-state index contributed by atoms with van der Waals surface area (Å²) in [5.74, 6) is 0.795. The Morgan fingerprint density at radius 1 is 1.40 bits per heavy atom. The van der Waals surface area contributed by atoms with Gasteiger partial charge in [0.15, 0.2) is 0 Å². The van der Waals surface area contributed by atoms with Crippen molar-refractivity contribution in [3.8, 4) is 0 Å². The fourth-order valence-corrected chi connectivity index (χ4v) is 3.66. The van der Waals surface area contributed by atoms with Crippen molar-refractivity contribution in [2.75, 3.05) is 6.54 Å². The van der Waals surface area contributed by atoms with Gasteiger partial charge in [-0.05, 0) is 38.8 Å². The SMILES string of the molecule is Cc1noc(C)c1[C@H]1CCCN1C(=O)NCc1cnc2ccccn12. The number of nitrogens with one attached hydrogen (secondary N) is 1. The minimum Gasteiger partial charge on any atom is -0.361 e. The number of amides is 2. The second-order valence-electron chi connectivity index (χ2n) is 6.43. The van der Waals surface area contributed by atoms with Gasteiger partial charge in [0.05, 0.1) is 30.2 Å². The second kappa shape index (κ2) is 6.23. The van der Waals surface area contributed by atoms with Crippen LogP contribution in [0.15, 0.2) is 35.1 Å². The van der Waals surface area contributed by atoms with E-state index in [1.54, 1.807) is 6.20 Å². The number of urea groups is 1. The zero-order chi connectivity index (χ0) is 17.4. The minimum absolute atomic E-state index is 0.0356. The van der Waals surface area contributed by atoms with E-state index in [-0.39, 0.29) is 12.1 Å². The maximum Gasteiger partial charge on any atom is 0.318 e. The Morgan fingerprint density at radius 2 is 2.28 bits per heavy atom. The van der Waals surface area contributed by atoms with Crippen LogP contribution in [-0.4, -0.2) is 32.0 Å². The van der Waals surface area contributed by atoms with Gasteiger partial charge < -0.3 is 19.1 Å². The van der Waals surface area contributed by atoms with Gasteiger partial charge in [-0.3, -0.25) is 0 Å². The van der Waals surface area contributed by atoms with E-state index in [0.29, 0.717) is 6.54 Å². The topological polar surface area (TPSA) is 75.7 Å². The predicted octanol–water partition coefficient (Wildman–Crippen LogP) is 2.99. The van der Waals surface area contributed by atoms with E-state index in [1.807, 2.05) is 47.5 Å². The predicted molar refractivity (Wildman–Crippen MR) is 92.1 cm³/mol. The van der Waals surface area contributed by atoms with Gasteiger partial charge in [0.25, 0.3) is 0 Å². The summed E-state index contributed by atoms with van der Waals surface area (Å²) >= 11 is 0. The minimum atomic E-state index is -0.0617. The molecule has 1 aliphatic rings. The van der Waals surface area contributed by atoms with Gasteiger partial charge in [-0.1, -0.05) is 11.2 Å². The summed E-state index contributed by atoms with van der Waals surface area (Å²) in [6, 6.07) is 5.82. The van der Waals surface area contributed by atoms with Crippen molar-refractivity contribution in [2.24, 2.45) is 0 Å². The molecule has 4 heterocycles. The van der Waals surface area contributed by atoms with Gasteiger partial charge >= 0.3 is 6.03 Å². The molecule has 7 heteroatoms. The van der Waals surface area contributed by atoms with Crippen molar-refractivity contribution >= 4 is 11.7 Å². The summed E-state index contributed by atoms with van der Waals surface area (Å²) < 4.78 is 7.27. The summed E-state index contributed by atoms with van der Waals surface area (Å²) in [6.45, 7) is 5.02. The Labute approximate surface area is 145 Å². The average Bonchev–Trinajstić information content (AvgIpc) is 3.32. The van der Waals surface area contributed by atoms with E-state index in [4.69, 9.17) is 4.52 Å². The molecule has 0 aliphatic carbocycles. The molecule has 3 aromatic rings. The van der Waals surface area contributed by atoms with Crippen LogP contribution in [0.4, 0.5) is 4.79 Å². The van der Waals surface area contributed by atoms with Gasteiger partial charge in [-0.15, -0.1) is 0 Å². The third kappa shape index (κ3) is 2.75. The lowest BCUT2D eigenvalue weighted by molar-refractivity contribution is 0.192. The van der Waals surface area contributed by atoms with E-state index in [9.17, 15) is 4.79 Å². The standard InChI is InChI=1S/C18H21N5O2/c1-12-17(13(2)25-21-12)15-6-5-9-23(15)18(24)20-11-14-10-19-16-7-3-4-8-22(14)16/h3-4,7-8,10,15H,5-6,9,11H2,1-2H3,(H,20,24)/t15-/m1/s1. The molecule has 130 valence electrons. The lowest BCUT2D eigenvalue weighted by Gasteiger charge is -2.25. The zero-order valence-corrected chi connectivity index (χ0v) is 14.4. The highest BCUT2D eigenvalue weighted by molar-refractivity contribution is 5.75. The highest BCUT2D eigenvalue weighted by Gasteiger charge is 2.33. The smallest absolute Gasteiger partial charge is 0.318 e. The van der Waals surface area contributed by atoms with Gasteiger partial charge in [-0.25, -0.2) is 9.78 Å². The molecule has 1 atom stereocenters. The third-order valence-corrected chi connectivity index (χ3v) is 4.85. The van der Waals surface area contributed by atoms with Crippen LogP contribution in [0.3, 0.4) is 0 Å². The third-order valence-electron chi connectivity index (χ3n) is 4.85. The Balaban J connectivity index is 1.49. The molecule has 0 saturated carbocycles. The molecule has 25 heavy (non-hydrogen) atoms. The number of fused-ring (bicyclic) bond motifs is 1. The van der Waals surface area contributed by atoms with Crippen LogP contribution >= 0.6 is 0 Å². The molecule has 1 aliphatic heterocycles. The fourth-order valence-electron chi connectivity index (χ4n) is 3.66. The van der Waals surface area contributed by atoms with Crippen LogP contribution < -0.4 is 5.32 Å². The van der Waals surface area contributed by atoms with E-state index < -0.39 is 0 Å². The number of carbonyl (C=O) groups excluding carboxylic acids is 1. The van der Waals surface area contributed by atoms with Crippen molar-refractivity contribution < 1.29 is 9.32 Å². The number of aryl methyl sites for hydroxylation is 2. The first-order valence-corrected chi connectivity index (χ1v) is 8.53. The number of likely N-dealkylation sites (tertiary alicyclic amines) is 1. The van der Waals surface area contributed by atoms with Crippen molar-refractivity contribution in [1.82, 2.24) is 24.8 Å². The average molecular weight is 339 g/mol. The Morgan fingerprint density at radius 3 is 3.08 bits per heavy atom. The van der Waals surface area contributed by atoms with E-state index in [2.05, 4.69) is 15.5 Å². The lowest BCUT2D eigenvalue weighted by atomic mass is 10.0. The summed E-state index contributed by atoms with van der Waals surface area (Å²) in [7, 11) is 0. The monoisotopic (exact) mass is 339 g/mol. The fraction of sp³-hybridized carbons (Fsp3) is 0.389. The van der Waals surface area contributed by atoms with E-state index in [1.165, 1.54) is 0 Å². The summed E-state index contributed by atoms with van der Waals surface area (Å²) in [6.07, 6.45) is 5.67. The number of nitrogens with zero attached hydrogens (tertiary/aromatic N) is 4. The zero-order valence-electron chi connectivity index (χ0n) is 14.4. The lowest BCUT2D eigenvalue weighted by Crippen LogP contribution is -2.39. The van der Waals surface area contributed by atoms with Crippen LogP contribution in [0.1, 0.15) is 41.6 Å². The normalized spacial score (nSPS) is 17.4. The molecule has 1 fully saturated rings. The first-order valence-electron chi connectivity index (χ1n) is 8.53. The number of hydrogen-bond donors (Lipinski definition) is 1. The molecule has 0 spiro atoms. The first kappa shape index (κ1) is 15.7. The molecule has 0 radical (unpaired) electrons. The number of hydrogen-bond acceptors (Lipinski definition) is 4. The number of rotatable bonds is 3. The van der Waals surface area contributed by atoms with Gasteiger partial charge in [0, 0.05) is 18.3 Å².